The summed E-state index contributed by atoms with van der Waals surface area (Å²) in [6.45, 7) is 0. The molecule has 32 heavy (non-hydrogen) atoms. The summed E-state index contributed by atoms with van der Waals surface area (Å²) in [7, 11) is -3.98. The molecule has 0 saturated heterocycles. The lowest BCUT2D eigenvalue weighted by Gasteiger charge is -2.23. The molecule has 0 amide bonds. The molecule has 4 rings (SSSR count). The fourth-order valence-electron chi connectivity index (χ4n) is 4.12. The van der Waals surface area contributed by atoms with Gasteiger partial charge < -0.3 is 10.1 Å². The molecule has 168 valence electrons. The van der Waals surface area contributed by atoms with Crippen molar-refractivity contribution in [2.24, 2.45) is 0 Å². The zero-order valence-electron chi connectivity index (χ0n) is 16.8. The number of benzene rings is 2. The van der Waals surface area contributed by atoms with Gasteiger partial charge in [0, 0.05) is 22.5 Å². The fraction of sp³-hybridized carbons (Fsp3) is 0.273. The number of carbonyl (C=O) groups excluding carboxylic acids is 1. The number of carboxylic acids is 1. The Kier molecular flexibility index (Phi) is 6.07. The highest BCUT2D eigenvalue weighted by Gasteiger charge is 2.29. The normalized spacial score (nSPS) is 15.2. The van der Waals surface area contributed by atoms with Crippen molar-refractivity contribution in [3.8, 4) is 11.3 Å². The number of rotatable bonds is 6. The number of carbonyl (C=O) groups is 2. The van der Waals surface area contributed by atoms with Gasteiger partial charge in [-0.25, -0.2) is 22.3 Å². The number of Topliss-reactive ketones (excluding diaryl/α,β-unsaturated/α-hetero) is 1. The minimum Gasteiger partial charge on any atom is -0.475 e. The van der Waals surface area contributed by atoms with Crippen LogP contribution in [0.25, 0.3) is 22.2 Å². The number of halogens is 2. The molecule has 1 aliphatic rings. The summed E-state index contributed by atoms with van der Waals surface area (Å²) >= 11 is 6.19. The first-order valence-electron chi connectivity index (χ1n) is 10.1. The zero-order valence-corrected chi connectivity index (χ0v) is 18.4. The molecule has 1 fully saturated rings. The van der Waals surface area contributed by atoms with Crippen molar-refractivity contribution in [2.45, 2.75) is 43.0 Å². The van der Waals surface area contributed by atoms with Crippen LogP contribution in [0.1, 0.15) is 42.5 Å². The molecule has 0 radical (unpaired) electrons. The average Bonchev–Trinajstić information content (AvgIpc) is 3.14. The zero-order chi connectivity index (χ0) is 23.0. The standard InChI is InChI=1S/C22H20ClFN2O5S/c23-14-10-9-12(11-17(14)32(30,31)26-13-5-2-1-3-6-13)20-19(21(27)22(28)29)18-15(24)7-4-8-16(18)25-20/h4,7-11,13,25-26H,1-3,5-6H2,(H,28,29). The SMILES string of the molecule is O=C(O)C(=O)c1c(-c2ccc(Cl)c(S(=O)(=O)NC3CCCCC3)c2)[nH]c2cccc(F)c12. The molecule has 7 nitrogen and oxygen atoms in total. The Hall–Kier alpha value is -2.75. The van der Waals surface area contributed by atoms with Gasteiger partial charge in [0.25, 0.3) is 5.78 Å². The molecule has 0 aliphatic heterocycles. The quantitative estimate of drug-likeness (QED) is 0.356. The van der Waals surface area contributed by atoms with E-state index in [1.807, 2.05) is 0 Å². The summed E-state index contributed by atoms with van der Waals surface area (Å²) in [4.78, 5) is 26.5. The number of fused-ring (bicyclic) bond motifs is 1. The molecule has 3 aromatic rings. The molecule has 1 saturated carbocycles. The van der Waals surface area contributed by atoms with Crippen molar-refractivity contribution in [3.63, 3.8) is 0 Å². The van der Waals surface area contributed by atoms with Crippen LogP contribution in [0.4, 0.5) is 4.39 Å². The Labute approximate surface area is 188 Å². The molecular weight excluding hydrogens is 459 g/mol. The third-order valence-electron chi connectivity index (χ3n) is 5.63. The number of aliphatic carboxylic acids is 1. The van der Waals surface area contributed by atoms with Gasteiger partial charge >= 0.3 is 5.97 Å². The first kappa shape index (κ1) is 22.4. The Morgan fingerprint density at radius 3 is 2.53 bits per heavy atom. The largest absolute Gasteiger partial charge is 0.475 e. The van der Waals surface area contributed by atoms with Crippen LogP contribution in [-0.4, -0.2) is 36.3 Å². The number of sulfonamides is 1. The monoisotopic (exact) mass is 478 g/mol. The molecular formula is C22H20ClFN2O5S. The molecule has 3 N–H and O–H groups in total. The maximum absolute atomic E-state index is 14.5. The summed E-state index contributed by atoms with van der Waals surface area (Å²) in [6, 6.07) is 7.89. The number of nitrogens with one attached hydrogen (secondary N) is 2. The van der Waals surface area contributed by atoms with Crippen molar-refractivity contribution >= 4 is 44.3 Å². The number of carboxylic acid groups (broad SMARTS) is 1. The predicted molar refractivity (Wildman–Crippen MR) is 118 cm³/mol. The summed E-state index contributed by atoms with van der Waals surface area (Å²) in [5, 5.41) is 9.08. The van der Waals surface area contributed by atoms with Crippen LogP contribution >= 0.6 is 11.6 Å². The summed E-state index contributed by atoms with van der Waals surface area (Å²) in [5.41, 5.74) is 0.0303. The molecule has 2 aromatic carbocycles. The van der Waals surface area contributed by atoms with Gasteiger partial charge in [-0.2, -0.15) is 0 Å². The van der Waals surface area contributed by atoms with E-state index < -0.39 is 27.6 Å². The topological polar surface area (TPSA) is 116 Å². The van der Waals surface area contributed by atoms with Crippen LogP contribution < -0.4 is 4.72 Å². The molecule has 1 heterocycles. The molecule has 0 atom stereocenters. The second kappa shape index (κ2) is 8.65. The van der Waals surface area contributed by atoms with Gasteiger partial charge in [-0.3, -0.25) is 4.79 Å². The van der Waals surface area contributed by atoms with Gasteiger partial charge in [0.15, 0.2) is 0 Å². The Bertz CT molecular complexity index is 1330. The first-order chi connectivity index (χ1) is 15.2. The van der Waals surface area contributed by atoms with E-state index in [-0.39, 0.29) is 43.7 Å². The molecule has 0 bridgehead atoms. The highest BCUT2D eigenvalue weighted by molar-refractivity contribution is 7.89. The number of hydrogen-bond donors (Lipinski definition) is 3. The lowest BCUT2D eigenvalue weighted by molar-refractivity contribution is -0.131. The van der Waals surface area contributed by atoms with E-state index in [9.17, 15) is 27.5 Å². The molecule has 1 aliphatic carbocycles. The summed E-state index contributed by atoms with van der Waals surface area (Å²) in [5.74, 6) is -3.83. The van der Waals surface area contributed by atoms with E-state index in [2.05, 4.69) is 9.71 Å². The lowest BCUT2D eigenvalue weighted by atomic mass is 9.96. The third-order valence-corrected chi connectivity index (χ3v) is 7.63. The van der Waals surface area contributed by atoms with Gasteiger partial charge in [0.2, 0.25) is 10.0 Å². The number of H-pyrrole nitrogens is 1. The van der Waals surface area contributed by atoms with Gasteiger partial charge in [0.1, 0.15) is 10.7 Å². The van der Waals surface area contributed by atoms with E-state index in [1.165, 1.54) is 30.3 Å². The van der Waals surface area contributed by atoms with Gasteiger partial charge in [-0.1, -0.05) is 43.0 Å². The van der Waals surface area contributed by atoms with Crippen molar-refractivity contribution in [1.29, 1.82) is 0 Å². The third kappa shape index (κ3) is 4.15. The van der Waals surface area contributed by atoms with E-state index in [4.69, 9.17) is 11.6 Å². The van der Waals surface area contributed by atoms with Gasteiger partial charge in [-0.05, 0) is 37.1 Å². The molecule has 10 heteroatoms. The first-order valence-corrected chi connectivity index (χ1v) is 11.9. The number of aromatic nitrogens is 1. The van der Waals surface area contributed by atoms with Crippen LogP contribution in [0, 0.1) is 5.82 Å². The van der Waals surface area contributed by atoms with Gasteiger partial charge in [-0.15, -0.1) is 0 Å². The van der Waals surface area contributed by atoms with E-state index in [1.54, 1.807) is 0 Å². The smallest absolute Gasteiger partial charge is 0.377 e. The maximum atomic E-state index is 14.5. The minimum atomic E-state index is -3.98. The summed E-state index contributed by atoms with van der Waals surface area (Å²) in [6.07, 6.45) is 4.39. The maximum Gasteiger partial charge on any atom is 0.377 e. The van der Waals surface area contributed by atoms with Crippen molar-refractivity contribution in [2.75, 3.05) is 0 Å². The van der Waals surface area contributed by atoms with Gasteiger partial charge in [0.05, 0.1) is 16.3 Å². The summed E-state index contributed by atoms with van der Waals surface area (Å²) < 4.78 is 43.2. The van der Waals surface area contributed by atoms with Crippen LogP contribution in [0.3, 0.4) is 0 Å². The van der Waals surface area contributed by atoms with Crippen LogP contribution in [-0.2, 0) is 14.8 Å². The van der Waals surface area contributed by atoms with Crippen molar-refractivity contribution in [3.05, 3.63) is 52.8 Å². The predicted octanol–water partition coefficient (Wildman–Crippen LogP) is 4.51. The van der Waals surface area contributed by atoms with Crippen LogP contribution in [0.15, 0.2) is 41.3 Å². The second-order valence-electron chi connectivity index (χ2n) is 7.77. The average molecular weight is 479 g/mol. The van der Waals surface area contributed by atoms with E-state index in [0.717, 1.165) is 38.2 Å². The molecule has 0 unspecified atom stereocenters. The Morgan fingerprint density at radius 1 is 1.12 bits per heavy atom. The highest BCUT2D eigenvalue weighted by atomic mass is 35.5. The van der Waals surface area contributed by atoms with E-state index >= 15 is 0 Å². The Balaban J connectivity index is 1.85. The number of hydrogen-bond acceptors (Lipinski definition) is 4. The highest BCUT2D eigenvalue weighted by Crippen LogP contribution is 2.35. The Morgan fingerprint density at radius 2 is 1.84 bits per heavy atom. The minimum absolute atomic E-state index is 0.00304. The van der Waals surface area contributed by atoms with Crippen molar-refractivity contribution in [1.82, 2.24) is 9.71 Å². The van der Waals surface area contributed by atoms with E-state index in [0.29, 0.717) is 0 Å². The fourth-order valence-corrected chi connectivity index (χ4v) is 5.95. The molecule has 0 spiro atoms. The number of ketones is 1. The van der Waals surface area contributed by atoms with Crippen molar-refractivity contribution < 1.29 is 27.5 Å². The van der Waals surface area contributed by atoms with Crippen LogP contribution in [0.2, 0.25) is 5.02 Å². The van der Waals surface area contributed by atoms with Crippen LogP contribution in [0.5, 0.6) is 0 Å². The molecule has 1 aromatic heterocycles. The number of aromatic amines is 1. The lowest BCUT2D eigenvalue weighted by Crippen LogP contribution is -2.36. The second-order valence-corrected chi connectivity index (χ2v) is 9.86.